The molecule has 1 rings (SSSR count). The first-order chi connectivity index (χ1) is 10.7. The molecule has 122 valence electrons. The van der Waals surface area contributed by atoms with E-state index in [0.29, 0.717) is 0 Å². The summed E-state index contributed by atoms with van der Waals surface area (Å²) in [5.41, 5.74) is -0.664. The number of hydrogen-bond acceptors (Lipinski definition) is 2. The molecule has 0 spiro atoms. The van der Waals surface area contributed by atoms with Crippen LogP contribution in [0.3, 0.4) is 0 Å². The van der Waals surface area contributed by atoms with Crippen LogP contribution in [0.15, 0.2) is 30.3 Å². The lowest BCUT2D eigenvalue weighted by atomic mass is 10.1. The number of terminal acetylenes is 1. The molecule has 0 saturated carbocycles. The molecule has 0 saturated heterocycles. The molecule has 7 heteroatoms. The second-order valence-corrected chi connectivity index (χ2v) is 4.60. The minimum atomic E-state index is -4.48. The highest BCUT2D eigenvalue weighted by molar-refractivity contribution is 5.94. The summed E-state index contributed by atoms with van der Waals surface area (Å²) in [4.78, 5) is 22.6. The molecule has 0 aliphatic heterocycles. The van der Waals surface area contributed by atoms with Crippen molar-refractivity contribution in [2.75, 3.05) is 0 Å². The summed E-state index contributed by atoms with van der Waals surface area (Å²) in [5, 5.41) is 11.2. The summed E-state index contributed by atoms with van der Waals surface area (Å²) in [6, 6.07) is 3.26. The minimum Gasteiger partial charge on any atom is -0.480 e. The highest BCUT2D eigenvalue weighted by atomic mass is 19.4. The summed E-state index contributed by atoms with van der Waals surface area (Å²) in [6.45, 7) is 0. The fraction of sp³-hybridized carbons (Fsp3) is 0.250. The van der Waals surface area contributed by atoms with Crippen molar-refractivity contribution in [3.63, 3.8) is 0 Å². The van der Waals surface area contributed by atoms with E-state index < -0.39 is 29.7 Å². The van der Waals surface area contributed by atoms with Gasteiger partial charge in [-0.3, -0.25) is 4.79 Å². The maximum Gasteiger partial charge on any atom is 0.416 e. The number of benzene rings is 1. The van der Waals surface area contributed by atoms with Crippen LogP contribution in [0.2, 0.25) is 0 Å². The Labute approximate surface area is 131 Å². The Morgan fingerprint density at radius 1 is 1.39 bits per heavy atom. The van der Waals surface area contributed by atoms with E-state index in [1.54, 1.807) is 0 Å². The highest BCUT2D eigenvalue weighted by Crippen LogP contribution is 2.29. The number of carbonyl (C=O) groups is 2. The molecule has 0 bridgehead atoms. The van der Waals surface area contributed by atoms with Crippen molar-refractivity contribution >= 4 is 18.0 Å². The van der Waals surface area contributed by atoms with E-state index in [9.17, 15) is 22.8 Å². The fourth-order valence-electron chi connectivity index (χ4n) is 1.70. The van der Waals surface area contributed by atoms with Crippen LogP contribution >= 0.6 is 0 Å². The van der Waals surface area contributed by atoms with E-state index in [-0.39, 0.29) is 18.4 Å². The molecule has 0 unspecified atom stereocenters. The Morgan fingerprint density at radius 2 is 2.09 bits per heavy atom. The van der Waals surface area contributed by atoms with Crippen molar-refractivity contribution in [1.82, 2.24) is 5.32 Å². The fourth-order valence-corrected chi connectivity index (χ4v) is 1.70. The van der Waals surface area contributed by atoms with Gasteiger partial charge in [0.1, 0.15) is 6.04 Å². The zero-order valence-electron chi connectivity index (χ0n) is 11.9. The molecule has 23 heavy (non-hydrogen) atoms. The standard InChI is InChI=1S/C16H14F3NO3/c1-2-3-7-13(15(22)23)20-14(21)9-8-11-5-4-6-12(10-11)16(17,18)19/h1,4-6,8-10,13H,3,7H2,(H,20,21)(H,22,23)/b9-8+/t13-/m1/s1. The Bertz CT molecular complexity index is 645. The van der Waals surface area contributed by atoms with Crippen LogP contribution in [0.1, 0.15) is 24.0 Å². The highest BCUT2D eigenvalue weighted by Gasteiger charge is 2.30. The van der Waals surface area contributed by atoms with Crippen molar-refractivity contribution in [3.8, 4) is 12.3 Å². The number of halogens is 3. The lowest BCUT2D eigenvalue weighted by Crippen LogP contribution is -2.39. The zero-order valence-corrected chi connectivity index (χ0v) is 11.9. The molecule has 2 N–H and O–H groups in total. The van der Waals surface area contributed by atoms with Crippen LogP contribution in [0.5, 0.6) is 0 Å². The van der Waals surface area contributed by atoms with E-state index >= 15 is 0 Å². The normalized spacial score (nSPS) is 12.6. The van der Waals surface area contributed by atoms with E-state index in [0.717, 1.165) is 18.2 Å². The van der Waals surface area contributed by atoms with Gasteiger partial charge in [0.05, 0.1) is 5.56 Å². The molecule has 0 fully saturated rings. The van der Waals surface area contributed by atoms with E-state index in [2.05, 4.69) is 11.2 Å². The molecular formula is C16H14F3NO3. The molecular weight excluding hydrogens is 311 g/mol. The lowest BCUT2D eigenvalue weighted by molar-refractivity contribution is -0.141. The molecule has 1 amide bonds. The molecule has 1 atom stereocenters. The molecule has 0 aliphatic carbocycles. The van der Waals surface area contributed by atoms with Crippen molar-refractivity contribution in [3.05, 3.63) is 41.5 Å². The van der Waals surface area contributed by atoms with Crippen LogP contribution in [-0.4, -0.2) is 23.0 Å². The van der Waals surface area contributed by atoms with Gasteiger partial charge in [-0.1, -0.05) is 12.1 Å². The van der Waals surface area contributed by atoms with Gasteiger partial charge in [-0.05, 0) is 30.2 Å². The van der Waals surface area contributed by atoms with Gasteiger partial charge in [-0.2, -0.15) is 13.2 Å². The second kappa shape index (κ2) is 8.03. The average Bonchev–Trinajstić information content (AvgIpc) is 2.48. The second-order valence-electron chi connectivity index (χ2n) is 4.60. The maximum absolute atomic E-state index is 12.6. The topological polar surface area (TPSA) is 66.4 Å². The van der Waals surface area contributed by atoms with Crippen LogP contribution in [0, 0.1) is 12.3 Å². The first-order valence-corrected chi connectivity index (χ1v) is 6.56. The quantitative estimate of drug-likeness (QED) is 0.624. The van der Waals surface area contributed by atoms with Crippen molar-refractivity contribution in [2.24, 2.45) is 0 Å². The summed E-state index contributed by atoms with van der Waals surface area (Å²) in [6.07, 6.45) is 2.94. The number of aliphatic carboxylic acids is 1. The van der Waals surface area contributed by atoms with Crippen LogP contribution in [0.4, 0.5) is 13.2 Å². The number of alkyl halides is 3. The molecule has 4 nitrogen and oxygen atoms in total. The number of carboxylic acids is 1. The summed E-state index contributed by atoms with van der Waals surface area (Å²) < 4.78 is 37.7. The molecule has 0 heterocycles. The maximum atomic E-state index is 12.6. The SMILES string of the molecule is C#CCC[C@@H](NC(=O)/C=C/c1cccc(C(F)(F)F)c1)C(=O)O. The lowest BCUT2D eigenvalue weighted by Gasteiger charge is -2.11. The zero-order chi connectivity index (χ0) is 17.5. The predicted octanol–water partition coefficient (Wildman–Crippen LogP) is 2.70. The van der Waals surface area contributed by atoms with Crippen LogP contribution in [-0.2, 0) is 15.8 Å². The van der Waals surface area contributed by atoms with E-state index in [4.69, 9.17) is 11.5 Å². The van der Waals surface area contributed by atoms with Gasteiger partial charge >= 0.3 is 12.1 Å². The Balaban J connectivity index is 2.75. The van der Waals surface area contributed by atoms with Crippen LogP contribution < -0.4 is 5.32 Å². The molecule has 0 radical (unpaired) electrons. The summed E-state index contributed by atoms with van der Waals surface area (Å²) in [5.74, 6) is 0.300. The van der Waals surface area contributed by atoms with Gasteiger partial charge in [-0.15, -0.1) is 12.3 Å². The van der Waals surface area contributed by atoms with Gasteiger partial charge < -0.3 is 10.4 Å². The summed E-state index contributed by atoms with van der Waals surface area (Å²) in [7, 11) is 0. The smallest absolute Gasteiger partial charge is 0.416 e. The van der Waals surface area contributed by atoms with E-state index in [1.807, 2.05) is 0 Å². The Morgan fingerprint density at radius 3 is 2.65 bits per heavy atom. The Hall–Kier alpha value is -2.75. The number of carboxylic acid groups (broad SMARTS) is 1. The average molecular weight is 325 g/mol. The number of carbonyl (C=O) groups excluding carboxylic acids is 1. The van der Waals surface area contributed by atoms with Gasteiger partial charge in [0.15, 0.2) is 0 Å². The van der Waals surface area contributed by atoms with Gasteiger partial charge in [-0.25, -0.2) is 4.79 Å². The largest absolute Gasteiger partial charge is 0.480 e. The van der Waals surface area contributed by atoms with Crippen LogP contribution in [0.25, 0.3) is 6.08 Å². The number of rotatable bonds is 6. The summed E-state index contributed by atoms with van der Waals surface area (Å²) >= 11 is 0. The predicted molar refractivity (Wildman–Crippen MR) is 78.1 cm³/mol. The van der Waals surface area contributed by atoms with Crippen molar-refractivity contribution in [1.29, 1.82) is 0 Å². The molecule has 0 aliphatic rings. The third-order valence-corrected chi connectivity index (χ3v) is 2.83. The molecule has 1 aromatic carbocycles. The first-order valence-electron chi connectivity index (χ1n) is 6.56. The molecule has 1 aromatic rings. The van der Waals surface area contributed by atoms with Gasteiger partial charge in [0.25, 0.3) is 0 Å². The van der Waals surface area contributed by atoms with Gasteiger partial charge in [0, 0.05) is 12.5 Å². The first kappa shape index (κ1) is 18.3. The monoisotopic (exact) mass is 325 g/mol. The van der Waals surface area contributed by atoms with E-state index in [1.165, 1.54) is 18.2 Å². The number of nitrogens with one attached hydrogen (secondary N) is 1. The number of hydrogen-bond donors (Lipinski definition) is 2. The third-order valence-electron chi connectivity index (χ3n) is 2.83. The third kappa shape index (κ3) is 6.26. The van der Waals surface area contributed by atoms with Crippen molar-refractivity contribution in [2.45, 2.75) is 25.1 Å². The molecule has 0 aromatic heterocycles. The van der Waals surface area contributed by atoms with Crippen molar-refractivity contribution < 1.29 is 27.9 Å². The Kier molecular flexibility index (Phi) is 6.39. The minimum absolute atomic E-state index is 0.0645. The number of amides is 1. The van der Waals surface area contributed by atoms with Gasteiger partial charge in [0.2, 0.25) is 5.91 Å².